The van der Waals surface area contributed by atoms with Crippen molar-refractivity contribution < 1.29 is 0 Å². The molecular formula is C108H76N4. The van der Waals surface area contributed by atoms with Crippen LogP contribution in [0.3, 0.4) is 0 Å². The summed E-state index contributed by atoms with van der Waals surface area (Å²) in [5, 5.41) is 5.06. The third-order valence-corrected chi connectivity index (χ3v) is 21.6. The Morgan fingerprint density at radius 2 is 0.384 bits per heavy atom. The van der Waals surface area contributed by atoms with Gasteiger partial charge in [0.2, 0.25) is 0 Å². The molecule has 4 nitrogen and oxygen atoms in total. The summed E-state index contributed by atoms with van der Waals surface area (Å²) in [5.41, 5.74) is 32.6. The third-order valence-electron chi connectivity index (χ3n) is 21.6. The zero-order valence-corrected chi connectivity index (χ0v) is 61.7. The van der Waals surface area contributed by atoms with Gasteiger partial charge in [-0.2, -0.15) is 0 Å². The number of anilines is 6. The third kappa shape index (κ3) is 13.4. The van der Waals surface area contributed by atoms with E-state index in [2.05, 4.69) is 480 Å². The Labute approximate surface area is 653 Å². The minimum Gasteiger partial charge on any atom is -0.310 e. The average molecular weight is 1430 g/mol. The molecule has 0 aliphatic carbocycles. The van der Waals surface area contributed by atoms with Crippen molar-refractivity contribution in [2.75, 3.05) is 9.80 Å². The fourth-order valence-corrected chi connectivity index (χ4v) is 16.2. The van der Waals surface area contributed by atoms with Crippen LogP contribution in [0.15, 0.2) is 461 Å². The van der Waals surface area contributed by atoms with Crippen molar-refractivity contribution in [3.05, 3.63) is 461 Å². The Hall–Kier alpha value is -14.8. The molecule has 2 aromatic heterocycles. The fourth-order valence-electron chi connectivity index (χ4n) is 16.2. The first-order chi connectivity index (χ1) is 55.6. The molecule has 0 saturated carbocycles. The lowest BCUT2D eigenvalue weighted by Gasteiger charge is -2.29. The van der Waals surface area contributed by atoms with Crippen molar-refractivity contribution in [3.63, 3.8) is 0 Å². The molecule has 0 saturated heterocycles. The Balaban J connectivity index is 0.000000151. The summed E-state index contributed by atoms with van der Waals surface area (Å²) in [6, 6.07) is 166. The van der Waals surface area contributed by atoms with Crippen LogP contribution in [-0.4, -0.2) is 9.13 Å². The van der Waals surface area contributed by atoms with Crippen molar-refractivity contribution in [2.45, 2.75) is 0 Å². The second-order valence-electron chi connectivity index (χ2n) is 28.4. The zero-order valence-electron chi connectivity index (χ0n) is 61.7. The summed E-state index contributed by atoms with van der Waals surface area (Å²) in [7, 11) is 0. The quantitative estimate of drug-likeness (QED) is 0.0959. The molecule has 0 atom stereocenters. The van der Waals surface area contributed by atoms with E-state index in [-0.39, 0.29) is 0 Å². The first-order valence-corrected chi connectivity index (χ1v) is 38.4. The van der Waals surface area contributed by atoms with Gasteiger partial charge in [0, 0.05) is 66.8 Å². The highest BCUT2D eigenvalue weighted by atomic mass is 15.2. The van der Waals surface area contributed by atoms with Gasteiger partial charge in [0.15, 0.2) is 0 Å². The summed E-state index contributed by atoms with van der Waals surface area (Å²) in [6.07, 6.45) is 0. The van der Waals surface area contributed by atoms with Crippen LogP contribution in [0.4, 0.5) is 34.1 Å². The predicted molar refractivity (Wildman–Crippen MR) is 474 cm³/mol. The van der Waals surface area contributed by atoms with Crippen molar-refractivity contribution in [1.29, 1.82) is 0 Å². The average Bonchev–Trinajstić information content (AvgIpc) is 1.60. The van der Waals surface area contributed by atoms with Gasteiger partial charge in [-0.05, 0) is 193 Å². The van der Waals surface area contributed by atoms with Crippen molar-refractivity contribution in [1.82, 2.24) is 9.13 Å². The second kappa shape index (κ2) is 30.4. The van der Waals surface area contributed by atoms with Crippen LogP contribution in [0.5, 0.6) is 0 Å². The maximum atomic E-state index is 2.40. The van der Waals surface area contributed by atoms with E-state index in [1.54, 1.807) is 0 Å². The molecule has 528 valence electrons. The van der Waals surface area contributed by atoms with E-state index in [1.807, 2.05) is 0 Å². The van der Waals surface area contributed by atoms with Crippen molar-refractivity contribution >= 4 is 77.7 Å². The lowest BCUT2D eigenvalue weighted by molar-refractivity contribution is 1.18. The largest absolute Gasteiger partial charge is 0.310 e. The molecule has 2 heterocycles. The number of fused-ring (bicyclic) bond motifs is 6. The molecule has 0 aliphatic heterocycles. The molecule has 0 bridgehead atoms. The highest BCUT2D eigenvalue weighted by Crippen LogP contribution is 2.47. The van der Waals surface area contributed by atoms with Gasteiger partial charge in [0.05, 0.1) is 33.4 Å². The van der Waals surface area contributed by atoms with Gasteiger partial charge < -0.3 is 18.9 Å². The molecule has 20 rings (SSSR count). The van der Waals surface area contributed by atoms with E-state index >= 15 is 0 Å². The normalized spacial score (nSPS) is 11.2. The predicted octanol–water partition coefficient (Wildman–Crippen LogP) is 29.8. The second-order valence-corrected chi connectivity index (χ2v) is 28.4. The van der Waals surface area contributed by atoms with E-state index in [0.717, 1.165) is 51.1 Å². The molecule has 18 aromatic carbocycles. The van der Waals surface area contributed by atoms with E-state index in [9.17, 15) is 0 Å². The zero-order chi connectivity index (χ0) is 74.5. The number of rotatable bonds is 16. The number of nitrogens with zero attached hydrogens (tertiary/aromatic N) is 4. The van der Waals surface area contributed by atoms with Gasteiger partial charge in [0.1, 0.15) is 0 Å². The monoisotopic (exact) mass is 1430 g/mol. The van der Waals surface area contributed by atoms with Crippen LogP contribution in [-0.2, 0) is 0 Å². The van der Waals surface area contributed by atoms with E-state index in [1.165, 1.54) is 127 Å². The molecule has 0 N–H and O–H groups in total. The van der Waals surface area contributed by atoms with Gasteiger partial charge >= 0.3 is 0 Å². The van der Waals surface area contributed by atoms with Gasteiger partial charge in [-0.1, -0.05) is 346 Å². The summed E-state index contributed by atoms with van der Waals surface area (Å²) in [4.78, 5) is 4.80. The van der Waals surface area contributed by atoms with Gasteiger partial charge in [-0.15, -0.1) is 0 Å². The number of aromatic nitrogens is 2. The molecule has 0 fully saturated rings. The highest BCUT2D eigenvalue weighted by Gasteiger charge is 2.23. The lowest BCUT2D eigenvalue weighted by Crippen LogP contribution is -2.11. The lowest BCUT2D eigenvalue weighted by atomic mass is 9.96. The van der Waals surface area contributed by atoms with Crippen molar-refractivity contribution in [2.24, 2.45) is 0 Å². The summed E-state index contributed by atoms with van der Waals surface area (Å²) < 4.78 is 4.77. The molecule has 4 heteroatoms. The summed E-state index contributed by atoms with van der Waals surface area (Å²) >= 11 is 0. The van der Waals surface area contributed by atoms with E-state index in [0.29, 0.717) is 0 Å². The van der Waals surface area contributed by atoms with Crippen LogP contribution >= 0.6 is 0 Å². The minimum absolute atomic E-state index is 1.09. The molecule has 112 heavy (non-hydrogen) atoms. The minimum atomic E-state index is 1.09. The smallest absolute Gasteiger partial charge is 0.0546 e. The number of hydrogen-bond acceptors (Lipinski definition) is 2. The molecule has 0 radical (unpaired) electrons. The van der Waals surface area contributed by atoms with Crippen LogP contribution in [0.25, 0.3) is 144 Å². The van der Waals surface area contributed by atoms with Crippen molar-refractivity contribution in [3.8, 4) is 100 Å². The number of hydrogen-bond donors (Lipinski definition) is 0. The van der Waals surface area contributed by atoms with E-state index in [4.69, 9.17) is 0 Å². The molecule has 0 unspecified atom stereocenters. The Kier molecular flexibility index (Phi) is 18.4. The first-order valence-electron chi connectivity index (χ1n) is 38.4. The standard InChI is InChI=1S/2C54H38N2/c1-4-15-39(16-5-1)41-27-32-46(33-28-41)55(54-38-45(40-17-6-2-7-18-40)31-36-49(54)43-19-8-3-9-20-43)47-34-29-42(30-35-47)44-21-14-22-48(37-44)56-52-25-12-10-23-50(52)51-24-11-13-26-53(51)56;1-4-15-39(16-5-1)41-27-32-46(33-28-41)55(54-36-31-45(40-17-6-2-7-18-40)38-51(54)43-19-8-3-9-20-43)47-34-29-42(30-35-47)44-21-14-22-48(37-44)56-52-25-12-10-23-49(52)50-24-11-13-26-53(50)56/h2*1-38H. The maximum absolute atomic E-state index is 2.40. The SMILES string of the molecule is c1ccc(-c2ccc(N(c3ccc(-c4cccc(-n5c6ccccc6c6ccccc65)c4)cc3)c3cc(-c4ccccc4)ccc3-c3ccccc3)cc2)cc1.c1ccc(-c2ccc(N(c3ccc(-c4cccc(-n5c6ccccc6c6ccccc65)c4)cc3)c3ccc(-c4ccccc4)cc3-c3ccccc3)cc2)cc1. The fraction of sp³-hybridized carbons (Fsp3) is 0. The first kappa shape index (κ1) is 67.7. The Morgan fingerprint density at radius 3 is 0.741 bits per heavy atom. The van der Waals surface area contributed by atoms with Gasteiger partial charge in [-0.25, -0.2) is 0 Å². The molecule has 20 aromatic rings. The summed E-state index contributed by atoms with van der Waals surface area (Å²) in [6.45, 7) is 0. The van der Waals surface area contributed by atoms with Gasteiger partial charge in [-0.3, -0.25) is 0 Å². The van der Waals surface area contributed by atoms with Crippen LogP contribution in [0, 0.1) is 0 Å². The van der Waals surface area contributed by atoms with Crippen LogP contribution in [0.1, 0.15) is 0 Å². The summed E-state index contributed by atoms with van der Waals surface area (Å²) in [5.74, 6) is 0. The molecule has 0 spiro atoms. The Morgan fingerprint density at radius 1 is 0.143 bits per heavy atom. The number of benzene rings is 18. The van der Waals surface area contributed by atoms with E-state index < -0.39 is 0 Å². The highest BCUT2D eigenvalue weighted by molar-refractivity contribution is 6.10. The van der Waals surface area contributed by atoms with Crippen LogP contribution in [0.2, 0.25) is 0 Å². The number of para-hydroxylation sites is 4. The molecule has 0 amide bonds. The molecular weight excluding hydrogens is 1350 g/mol. The topological polar surface area (TPSA) is 16.3 Å². The maximum Gasteiger partial charge on any atom is 0.0546 e. The molecule has 0 aliphatic rings. The van der Waals surface area contributed by atoms with Crippen LogP contribution < -0.4 is 9.80 Å². The Bertz CT molecular complexity index is 6570. The van der Waals surface area contributed by atoms with Gasteiger partial charge in [0.25, 0.3) is 0 Å².